The lowest BCUT2D eigenvalue weighted by Gasteiger charge is -1.98. The van der Waals surface area contributed by atoms with Gasteiger partial charge in [-0.3, -0.25) is 4.98 Å². The van der Waals surface area contributed by atoms with Crippen molar-refractivity contribution in [2.75, 3.05) is 7.11 Å². The van der Waals surface area contributed by atoms with Crippen molar-refractivity contribution in [2.24, 2.45) is 0 Å². The van der Waals surface area contributed by atoms with Crippen LogP contribution in [0.3, 0.4) is 0 Å². The number of aromatic nitrogens is 1. The number of methoxy groups -OCH3 is 1. The Balaban J connectivity index is 2.12. The Labute approximate surface area is 101 Å². The lowest BCUT2D eigenvalue weighted by molar-refractivity contribution is 0.185. The zero-order chi connectivity index (χ0) is 11.9. The van der Waals surface area contributed by atoms with Gasteiger partial charge >= 0.3 is 0 Å². The minimum atomic E-state index is 0.635. The van der Waals surface area contributed by atoms with Crippen LogP contribution in [0.4, 0.5) is 0 Å². The number of ether oxygens (including phenoxy) is 1. The molecule has 1 aromatic carbocycles. The SMILES string of the molecule is COCc1ccc(C#Cc2cccnc2)cc1. The monoisotopic (exact) mass is 223 g/mol. The van der Waals surface area contributed by atoms with E-state index in [9.17, 15) is 0 Å². The zero-order valence-corrected chi connectivity index (χ0v) is 9.68. The molecule has 0 aliphatic heterocycles. The van der Waals surface area contributed by atoms with Crippen molar-refractivity contribution >= 4 is 0 Å². The third-order valence-electron chi connectivity index (χ3n) is 2.28. The molecule has 0 amide bonds. The van der Waals surface area contributed by atoms with Crippen molar-refractivity contribution in [1.82, 2.24) is 4.98 Å². The molecule has 2 aromatic rings. The third kappa shape index (κ3) is 3.44. The second-order valence-electron chi connectivity index (χ2n) is 3.62. The van der Waals surface area contributed by atoms with Crippen LogP contribution in [-0.4, -0.2) is 12.1 Å². The highest BCUT2D eigenvalue weighted by Crippen LogP contribution is 2.04. The van der Waals surface area contributed by atoms with E-state index >= 15 is 0 Å². The van der Waals surface area contributed by atoms with Crippen molar-refractivity contribution in [1.29, 1.82) is 0 Å². The first-order valence-corrected chi connectivity index (χ1v) is 5.38. The average Bonchev–Trinajstić information content (AvgIpc) is 2.40. The van der Waals surface area contributed by atoms with Gasteiger partial charge in [-0.1, -0.05) is 24.0 Å². The summed E-state index contributed by atoms with van der Waals surface area (Å²) in [6, 6.07) is 11.9. The van der Waals surface area contributed by atoms with Crippen molar-refractivity contribution in [2.45, 2.75) is 6.61 Å². The van der Waals surface area contributed by atoms with Crippen LogP contribution in [0, 0.1) is 11.8 Å². The lowest BCUT2D eigenvalue weighted by Crippen LogP contribution is -1.86. The first-order valence-electron chi connectivity index (χ1n) is 5.38. The van der Waals surface area contributed by atoms with E-state index in [0.717, 1.165) is 16.7 Å². The van der Waals surface area contributed by atoms with E-state index in [2.05, 4.69) is 16.8 Å². The molecule has 2 rings (SSSR count). The Morgan fingerprint density at radius 3 is 2.47 bits per heavy atom. The Morgan fingerprint density at radius 1 is 1.06 bits per heavy atom. The fourth-order valence-electron chi connectivity index (χ4n) is 1.43. The van der Waals surface area contributed by atoms with Crippen LogP contribution in [0.1, 0.15) is 16.7 Å². The second-order valence-corrected chi connectivity index (χ2v) is 3.62. The van der Waals surface area contributed by atoms with E-state index < -0.39 is 0 Å². The summed E-state index contributed by atoms with van der Waals surface area (Å²) in [5.41, 5.74) is 3.07. The van der Waals surface area contributed by atoms with Crippen molar-refractivity contribution in [3.8, 4) is 11.8 Å². The van der Waals surface area contributed by atoms with Gasteiger partial charge in [0.05, 0.1) is 6.61 Å². The topological polar surface area (TPSA) is 22.1 Å². The summed E-state index contributed by atoms with van der Waals surface area (Å²) < 4.78 is 5.05. The van der Waals surface area contributed by atoms with Gasteiger partial charge in [0.1, 0.15) is 0 Å². The standard InChI is InChI=1S/C15H13NO/c1-17-12-15-8-5-13(6-9-15)4-7-14-3-2-10-16-11-14/h2-3,5-6,8-11H,12H2,1H3. The first-order chi connectivity index (χ1) is 8.38. The molecule has 0 atom stereocenters. The Hall–Kier alpha value is -2.11. The van der Waals surface area contributed by atoms with Crippen LogP contribution in [0.5, 0.6) is 0 Å². The maximum atomic E-state index is 5.05. The third-order valence-corrected chi connectivity index (χ3v) is 2.28. The molecule has 84 valence electrons. The fourth-order valence-corrected chi connectivity index (χ4v) is 1.43. The van der Waals surface area contributed by atoms with Gasteiger partial charge in [0.2, 0.25) is 0 Å². The molecule has 1 heterocycles. The predicted molar refractivity (Wildman–Crippen MR) is 67.4 cm³/mol. The molecule has 1 aromatic heterocycles. The number of benzene rings is 1. The molecule has 0 aliphatic rings. The highest BCUT2D eigenvalue weighted by atomic mass is 16.5. The molecule has 0 aliphatic carbocycles. The van der Waals surface area contributed by atoms with Crippen molar-refractivity contribution in [3.63, 3.8) is 0 Å². The van der Waals surface area contributed by atoms with Gasteiger partial charge in [-0.05, 0) is 29.8 Å². The minimum absolute atomic E-state index is 0.635. The summed E-state index contributed by atoms with van der Waals surface area (Å²) >= 11 is 0. The normalized spacial score (nSPS) is 9.47. The van der Waals surface area contributed by atoms with E-state index in [4.69, 9.17) is 4.74 Å². The zero-order valence-electron chi connectivity index (χ0n) is 9.68. The first kappa shape index (κ1) is 11.4. The molecular weight excluding hydrogens is 210 g/mol. The van der Waals surface area contributed by atoms with Crippen LogP contribution in [0.2, 0.25) is 0 Å². The van der Waals surface area contributed by atoms with Crippen LogP contribution in [0.15, 0.2) is 48.8 Å². The number of pyridine rings is 1. The van der Waals surface area contributed by atoms with Crippen molar-refractivity contribution in [3.05, 3.63) is 65.5 Å². The number of nitrogens with zero attached hydrogens (tertiary/aromatic N) is 1. The summed E-state index contributed by atoms with van der Waals surface area (Å²) in [6.45, 7) is 0.635. The van der Waals surface area contributed by atoms with Crippen LogP contribution >= 0.6 is 0 Å². The summed E-state index contributed by atoms with van der Waals surface area (Å²) in [7, 11) is 1.69. The van der Waals surface area contributed by atoms with Gasteiger partial charge < -0.3 is 4.74 Å². The number of hydrogen-bond donors (Lipinski definition) is 0. The Kier molecular flexibility index (Phi) is 3.90. The molecule has 0 saturated carbocycles. The summed E-state index contributed by atoms with van der Waals surface area (Å²) in [6.07, 6.45) is 3.50. The molecule has 0 unspecified atom stereocenters. The molecule has 0 N–H and O–H groups in total. The van der Waals surface area contributed by atoms with Crippen LogP contribution in [0.25, 0.3) is 0 Å². The van der Waals surface area contributed by atoms with Gasteiger partial charge in [0.25, 0.3) is 0 Å². The lowest BCUT2D eigenvalue weighted by atomic mass is 10.1. The summed E-state index contributed by atoms with van der Waals surface area (Å²) in [5.74, 6) is 6.17. The van der Waals surface area contributed by atoms with Gasteiger partial charge in [-0.15, -0.1) is 0 Å². The van der Waals surface area contributed by atoms with E-state index in [1.807, 2.05) is 36.4 Å². The smallest absolute Gasteiger partial charge is 0.0713 e. The summed E-state index contributed by atoms with van der Waals surface area (Å²) in [5, 5.41) is 0. The van der Waals surface area contributed by atoms with Gasteiger partial charge in [-0.2, -0.15) is 0 Å². The fraction of sp³-hybridized carbons (Fsp3) is 0.133. The second kappa shape index (κ2) is 5.83. The Morgan fingerprint density at radius 2 is 1.82 bits per heavy atom. The maximum absolute atomic E-state index is 5.05. The van der Waals surface area contributed by atoms with Gasteiger partial charge in [-0.25, -0.2) is 0 Å². The van der Waals surface area contributed by atoms with Crippen molar-refractivity contribution < 1.29 is 4.74 Å². The maximum Gasteiger partial charge on any atom is 0.0713 e. The van der Waals surface area contributed by atoms with E-state index in [0.29, 0.717) is 6.61 Å². The molecule has 17 heavy (non-hydrogen) atoms. The van der Waals surface area contributed by atoms with E-state index in [1.54, 1.807) is 19.5 Å². The molecule has 0 fully saturated rings. The highest BCUT2D eigenvalue weighted by Gasteiger charge is 1.91. The number of rotatable bonds is 2. The molecule has 2 nitrogen and oxygen atoms in total. The minimum Gasteiger partial charge on any atom is -0.380 e. The summed E-state index contributed by atoms with van der Waals surface area (Å²) in [4.78, 5) is 4.02. The quantitative estimate of drug-likeness (QED) is 0.730. The number of hydrogen-bond acceptors (Lipinski definition) is 2. The van der Waals surface area contributed by atoms with Crippen LogP contribution < -0.4 is 0 Å². The Bertz CT molecular complexity index is 520. The van der Waals surface area contributed by atoms with E-state index in [1.165, 1.54) is 0 Å². The molecule has 0 bridgehead atoms. The molecule has 2 heteroatoms. The molecule has 0 saturated heterocycles. The molecule has 0 radical (unpaired) electrons. The molecular formula is C15H13NO. The predicted octanol–water partition coefficient (Wildman–Crippen LogP) is 2.63. The van der Waals surface area contributed by atoms with E-state index in [-0.39, 0.29) is 0 Å². The molecule has 0 spiro atoms. The average molecular weight is 223 g/mol. The van der Waals surface area contributed by atoms with Gasteiger partial charge in [0.15, 0.2) is 0 Å². The largest absolute Gasteiger partial charge is 0.380 e. The highest BCUT2D eigenvalue weighted by molar-refractivity contribution is 5.42. The van der Waals surface area contributed by atoms with Gasteiger partial charge in [0, 0.05) is 30.6 Å². The van der Waals surface area contributed by atoms with Crippen LogP contribution in [-0.2, 0) is 11.3 Å².